The quantitative estimate of drug-likeness (QED) is 0.631. The predicted molar refractivity (Wildman–Crippen MR) is 66.4 cm³/mol. The number of aliphatic hydroxyl groups is 1. The molecule has 7 nitrogen and oxygen atoms in total. The van der Waals surface area contributed by atoms with Crippen LogP contribution in [0, 0.1) is 17.1 Å². The second kappa shape index (κ2) is 7.06. The molecule has 0 bridgehead atoms. The summed E-state index contributed by atoms with van der Waals surface area (Å²) in [7, 11) is 0. The lowest BCUT2D eigenvalue weighted by atomic mass is 10.2. The molecular weight excluding hydrogens is 269 g/mol. The largest absolute Gasteiger partial charge is 0.480 e. The first kappa shape index (κ1) is 15.4. The number of benzene rings is 1. The molecule has 0 fully saturated rings. The Morgan fingerprint density at radius 2 is 2.15 bits per heavy atom. The molecule has 1 rings (SSSR count). The third-order valence-corrected chi connectivity index (χ3v) is 2.37. The van der Waals surface area contributed by atoms with Gasteiger partial charge in [0.2, 0.25) is 0 Å². The lowest BCUT2D eigenvalue weighted by Crippen LogP contribution is -2.43. The zero-order chi connectivity index (χ0) is 15.1. The zero-order valence-corrected chi connectivity index (χ0v) is 10.3. The number of carbonyl (C=O) groups excluding carboxylic acids is 1. The van der Waals surface area contributed by atoms with Crippen LogP contribution in [0.2, 0.25) is 0 Å². The topological polar surface area (TPSA) is 122 Å². The second-order valence-corrected chi connectivity index (χ2v) is 3.81. The summed E-state index contributed by atoms with van der Waals surface area (Å²) in [4.78, 5) is 22.3. The number of hydrogen-bond donors (Lipinski definition) is 4. The van der Waals surface area contributed by atoms with Crippen molar-refractivity contribution in [1.82, 2.24) is 5.32 Å². The summed E-state index contributed by atoms with van der Waals surface area (Å²) in [5.41, 5.74) is -0.0958. The Hall–Kier alpha value is -2.66. The Morgan fingerprint density at radius 3 is 2.70 bits per heavy atom. The standard InChI is InChI=1S/C12H12FN3O4/c13-9-2-1-8(5-7(9)6-14)15-12(20)16-10(3-4-17)11(18)19/h1-2,5,10,17H,3-4H2,(H,18,19)(H2,15,16,20). The minimum Gasteiger partial charge on any atom is -0.480 e. The van der Waals surface area contributed by atoms with Crippen LogP contribution in [0.1, 0.15) is 12.0 Å². The Balaban J connectivity index is 2.71. The van der Waals surface area contributed by atoms with Gasteiger partial charge in [0.1, 0.15) is 17.9 Å². The first-order valence-corrected chi connectivity index (χ1v) is 5.58. The molecular formula is C12H12FN3O4. The van der Waals surface area contributed by atoms with Gasteiger partial charge >= 0.3 is 12.0 Å². The van der Waals surface area contributed by atoms with Crippen LogP contribution in [0.3, 0.4) is 0 Å². The molecule has 20 heavy (non-hydrogen) atoms. The van der Waals surface area contributed by atoms with Crippen LogP contribution < -0.4 is 10.6 Å². The smallest absolute Gasteiger partial charge is 0.326 e. The molecule has 8 heteroatoms. The van der Waals surface area contributed by atoms with Crippen molar-refractivity contribution in [2.24, 2.45) is 0 Å². The van der Waals surface area contributed by atoms with Crippen LogP contribution in [-0.4, -0.2) is 34.9 Å². The first-order valence-electron chi connectivity index (χ1n) is 5.58. The number of urea groups is 1. The van der Waals surface area contributed by atoms with Crippen molar-refractivity contribution >= 4 is 17.7 Å². The van der Waals surface area contributed by atoms with E-state index in [0.717, 1.165) is 12.1 Å². The van der Waals surface area contributed by atoms with Crippen molar-refractivity contribution in [2.45, 2.75) is 12.5 Å². The maximum atomic E-state index is 13.1. The number of anilines is 1. The van der Waals surface area contributed by atoms with E-state index in [1.54, 1.807) is 6.07 Å². The number of aliphatic hydroxyl groups excluding tert-OH is 1. The lowest BCUT2D eigenvalue weighted by molar-refractivity contribution is -0.139. The van der Waals surface area contributed by atoms with Gasteiger partial charge in [-0.15, -0.1) is 0 Å². The van der Waals surface area contributed by atoms with E-state index in [1.807, 2.05) is 0 Å². The molecule has 2 amide bonds. The van der Waals surface area contributed by atoms with Gasteiger partial charge in [0.25, 0.3) is 0 Å². The summed E-state index contributed by atoms with van der Waals surface area (Å²) >= 11 is 0. The summed E-state index contributed by atoms with van der Waals surface area (Å²) in [6, 6.07) is 2.91. The van der Waals surface area contributed by atoms with Gasteiger partial charge in [-0.1, -0.05) is 0 Å². The monoisotopic (exact) mass is 281 g/mol. The van der Waals surface area contributed by atoms with E-state index in [1.165, 1.54) is 6.07 Å². The summed E-state index contributed by atoms with van der Waals surface area (Å²) < 4.78 is 13.1. The number of nitrogens with zero attached hydrogens (tertiary/aromatic N) is 1. The van der Waals surface area contributed by atoms with Crippen molar-refractivity contribution in [3.8, 4) is 6.07 Å². The molecule has 1 atom stereocenters. The van der Waals surface area contributed by atoms with E-state index >= 15 is 0 Å². The van der Waals surface area contributed by atoms with Gasteiger partial charge < -0.3 is 20.8 Å². The average molecular weight is 281 g/mol. The number of hydrogen-bond acceptors (Lipinski definition) is 4. The molecule has 0 spiro atoms. The summed E-state index contributed by atoms with van der Waals surface area (Å²) in [5.74, 6) is -2.01. The number of amides is 2. The second-order valence-electron chi connectivity index (χ2n) is 3.81. The van der Waals surface area contributed by atoms with Gasteiger partial charge in [0.05, 0.1) is 5.56 Å². The minimum absolute atomic E-state index is 0.143. The molecule has 0 aromatic heterocycles. The van der Waals surface area contributed by atoms with E-state index in [0.29, 0.717) is 0 Å². The van der Waals surface area contributed by atoms with Crippen LogP contribution in [0.5, 0.6) is 0 Å². The first-order chi connectivity index (χ1) is 9.47. The van der Waals surface area contributed by atoms with Crippen LogP contribution in [-0.2, 0) is 4.79 Å². The third-order valence-electron chi connectivity index (χ3n) is 2.37. The van der Waals surface area contributed by atoms with E-state index in [-0.39, 0.29) is 17.7 Å². The maximum absolute atomic E-state index is 13.1. The Labute approximate surface area is 113 Å². The Morgan fingerprint density at radius 1 is 1.45 bits per heavy atom. The van der Waals surface area contributed by atoms with E-state index < -0.39 is 30.5 Å². The van der Waals surface area contributed by atoms with Gasteiger partial charge in [-0.2, -0.15) is 5.26 Å². The van der Waals surface area contributed by atoms with Crippen LogP contribution in [0.25, 0.3) is 0 Å². The summed E-state index contributed by atoms with van der Waals surface area (Å²) in [6.07, 6.45) is -0.143. The fourth-order valence-corrected chi connectivity index (χ4v) is 1.40. The van der Waals surface area contributed by atoms with E-state index in [4.69, 9.17) is 15.5 Å². The molecule has 0 saturated heterocycles. The Kier molecular flexibility index (Phi) is 5.43. The molecule has 1 aromatic rings. The van der Waals surface area contributed by atoms with Crippen LogP contribution in [0.4, 0.5) is 14.9 Å². The predicted octanol–water partition coefficient (Wildman–Crippen LogP) is 0.654. The van der Waals surface area contributed by atoms with E-state index in [2.05, 4.69) is 10.6 Å². The molecule has 106 valence electrons. The summed E-state index contributed by atoms with van der Waals surface area (Å²) in [5, 5.41) is 30.5. The lowest BCUT2D eigenvalue weighted by Gasteiger charge is -2.14. The molecule has 0 saturated carbocycles. The number of nitrogens with one attached hydrogen (secondary N) is 2. The van der Waals surface area contributed by atoms with Crippen molar-refractivity contribution in [1.29, 1.82) is 5.26 Å². The van der Waals surface area contributed by atoms with Crippen molar-refractivity contribution in [3.05, 3.63) is 29.6 Å². The van der Waals surface area contributed by atoms with Crippen molar-refractivity contribution in [2.75, 3.05) is 11.9 Å². The highest BCUT2D eigenvalue weighted by Gasteiger charge is 2.19. The molecule has 0 heterocycles. The third kappa shape index (κ3) is 4.22. The number of carboxylic acids is 1. The molecule has 1 aromatic carbocycles. The fraction of sp³-hybridized carbons (Fsp3) is 0.250. The maximum Gasteiger partial charge on any atom is 0.326 e. The van der Waals surface area contributed by atoms with Gasteiger partial charge in [-0.05, 0) is 18.2 Å². The van der Waals surface area contributed by atoms with Gasteiger partial charge in [-0.3, -0.25) is 0 Å². The number of aliphatic carboxylic acids is 1. The normalized spacial score (nSPS) is 11.2. The number of carbonyl (C=O) groups is 2. The molecule has 1 unspecified atom stereocenters. The molecule has 4 N–H and O–H groups in total. The van der Waals surface area contributed by atoms with Gasteiger partial charge in [0, 0.05) is 18.7 Å². The van der Waals surface area contributed by atoms with Crippen LogP contribution >= 0.6 is 0 Å². The van der Waals surface area contributed by atoms with Gasteiger partial charge in [-0.25, -0.2) is 14.0 Å². The SMILES string of the molecule is N#Cc1cc(NC(=O)NC(CCO)C(=O)O)ccc1F. The molecule has 0 aliphatic rings. The van der Waals surface area contributed by atoms with Crippen molar-refractivity contribution in [3.63, 3.8) is 0 Å². The summed E-state index contributed by atoms with van der Waals surface area (Å²) in [6.45, 7) is -0.396. The average Bonchev–Trinajstić information content (AvgIpc) is 2.40. The molecule has 0 aliphatic heterocycles. The minimum atomic E-state index is -1.29. The highest BCUT2D eigenvalue weighted by atomic mass is 19.1. The number of carboxylic acid groups (broad SMARTS) is 1. The van der Waals surface area contributed by atoms with Gasteiger partial charge in [0.15, 0.2) is 0 Å². The van der Waals surface area contributed by atoms with E-state index in [9.17, 15) is 14.0 Å². The number of nitriles is 1. The fourth-order valence-electron chi connectivity index (χ4n) is 1.40. The van der Waals surface area contributed by atoms with Crippen molar-refractivity contribution < 1.29 is 24.2 Å². The number of halogens is 1. The molecule has 0 aliphatic carbocycles. The Bertz CT molecular complexity index is 556. The van der Waals surface area contributed by atoms with Crippen LogP contribution in [0.15, 0.2) is 18.2 Å². The molecule has 0 radical (unpaired) electrons. The number of rotatable bonds is 5. The highest BCUT2D eigenvalue weighted by Crippen LogP contribution is 2.13. The highest BCUT2D eigenvalue weighted by molar-refractivity contribution is 5.92. The zero-order valence-electron chi connectivity index (χ0n) is 10.3.